The summed E-state index contributed by atoms with van der Waals surface area (Å²) in [5, 5.41) is 4.94. The van der Waals surface area contributed by atoms with Crippen LogP contribution in [0.2, 0.25) is 5.02 Å². The number of sulfonamides is 2. The van der Waals surface area contributed by atoms with Gasteiger partial charge in [0.2, 0.25) is 20.0 Å². The molecule has 0 unspecified atom stereocenters. The fraction of sp³-hybridized carbons (Fsp3) is 0.400. The van der Waals surface area contributed by atoms with Gasteiger partial charge in [0.15, 0.2) is 0 Å². The van der Waals surface area contributed by atoms with Crippen molar-refractivity contribution in [3.8, 4) is 0 Å². The Morgan fingerprint density at radius 3 is 2.37 bits per heavy atom. The van der Waals surface area contributed by atoms with Crippen molar-refractivity contribution in [2.24, 2.45) is 11.1 Å². The number of anilines is 1. The van der Waals surface area contributed by atoms with E-state index in [1.54, 1.807) is 0 Å². The summed E-state index contributed by atoms with van der Waals surface area (Å²) in [7, 11) is -7.31. The fourth-order valence-electron chi connectivity index (χ4n) is 1.56. The van der Waals surface area contributed by atoms with Gasteiger partial charge in [0, 0.05) is 0 Å². The molecule has 2 rings (SSSR count). The van der Waals surface area contributed by atoms with Crippen molar-refractivity contribution in [2.45, 2.75) is 17.7 Å². The van der Waals surface area contributed by atoms with Gasteiger partial charge in [0.1, 0.15) is 0 Å². The Morgan fingerprint density at radius 1 is 1.26 bits per heavy atom. The number of nitrogens with two attached hydrogens (primary N) is 1. The largest absolute Gasteiger partial charge is 0.282 e. The van der Waals surface area contributed by atoms with Crippen LogP contribution in [0, 0.1) is 5.92 Å². The third-order valence-electron chi connectivity index (χ3n) is 2.69. The first-order valence-electron chi connectivity index (χ1n) is 5.50. The SMILES string of the molecule is NS(=O)(=O)c1ccc(NS(=O)(=O)CC2CC2)c(Cl)c1. The maximum atomic E-state index is 11.8. The average molecular weight is 325 g/mol. The van der Waals surface area contributed by atoms with Crippen LogP contribution in [0.3, 0.4) is 0 Å². The molecule has 0 saturated heterocycles. The zero-order chi connectivity index (χ0) is 14.3. The highest BCUT2D eigenvalue weighted by Gasteiger charge is 2.28. The second kappa shape index (κ2) is 4.93. The number of benzene rings is 1. The molecule has 0 amide bonds. The van der Waals surface area contributed by atoms with Crippen LogP contribution in [0.5, 0.6) is 0 Å². The maximum absolute atomic E-state index is 11.8. The Bertz CT molecular complexity index is 696. The summed E-state index contributed by atoms with van der Waals surface area (Å²) >= 11 is 5.85. The summed E-state index contributed by atoms with van der Waals surface area (Å²) in [6.07, 6.45) is 1.83. The van der Waals surface area contributed by atoms with E-state index in [4.69, 9.17) is 16.7 Å². The molecule has 1 saturated carbocycles. The first-order valence-corrected chi connectivity index (χ1v) is 9.08. The van der Waals surface area contributed by atoms with Gasteiger partial charge in [-0.15, -0.1) is 0 Å². The zero-order valence-electron chi connectivity index (χ0n) is 9.84. The molecule has 106 valence electrons. The first-order chi connectivity index (χ1) is 8.67. The van der Waals surface area contributed by atoms with E-state index in [2.05, 4.69) is 4.72 Å². The number of rotatable bonds is 5. The molecule has 19 heavy (non-hydrogen) atoms. The van der Waals surface area contributed by atoms with Crippen molar-refractivity contribution in [1.82, 2.24) is 0 Å². The lowest BCUT2D eigenvalue weighted by Gasteiger charge is -2.10. The highest BCUT2D eigenvalue weighted by atomic mass is 35.5. The van der Waals surface area contributed by atoms with Crippen LogP contribution in [-0.4, -0.2) is 22.6 Å². The molecule has 0 aliphatic heterocycles. The Hall–Kier alpha value is -0.830. The molecule has 1 fully saturated rings. The van der Waals surface area contributed by atoms with Gasteiger partial charge in [0.05, 0.1) is 21.4 Å². The lowest BCUT2D eigenvalue weighted by molar-refractivity contribution is 0.596. The second-order valence-electron chi connectivity index (χ2n) is 4.51. The number of nitrogens with one attached hydrogen (secondary N) is 1. The smallest absolute Gasteiger partial charge is 0.238 e. The summed E-state index contributed by atoms with van der Waals surface area (Å²) in [6, 6.07) is 3.61. The van der Waals surface area contributed by atoms with E-state index in [0.29, 0.717) is 0 Å². The van der Waals surface area contributed by atoms with E-state index in [9.17, 15) is 16.8 Å². The van der Waals surface area contributed by atoms with Crippen LogP contribution in [0.25, 0.3) is 0 Å². The van der Waals surface area contributed by atoms with Crippen molar-refractivity contribution in [1.29, 1.82) is 0 Å². The lowest BCUT2D eigenvalue weighted by atomic mass is 10.3. The summed E-state index contributed by atoms with van der Waals surface area (Å²) < 4.78 is 48.1. The monoisotopic (exact) mass is 324 g/mol. The molecular formula is C10H13ClN2O4S2. The molecule has 0 aromatic heterocycles. The molecule has 0 radical (unpaired) electrons. The molecule has 0 spiro atoms. The standard InChI is InChI=1S/C10H13ClN2O4S2/c11-9-5-8(19(12,16)17)3-4-10(9)13-18(14,15)6-7-1-2-7/h3-5,7,13H,1-2,6H2,(H2,12,16,17). The van der Waals surface area contributed by atoms with E-state index in [0.717, 1.165) is 18.9 Å². The van der Waals surface area contributed by atoms with E-state index in [-0.39, 0.29) is 27.3 Å². The number of halogens is 1. The molecule has 0 atom stereocenters. The normalized spacial score (nSPS) is 16.3. The minimum absolute atomic E-state index is 0.00843. The van der Waals surface area contributed by atoms with E-state index >= 15 is 0 Å². The van der Waals surface area contributed by atoms with Crippen molar-refractivity contribution in [3.63, 3.8) is 0 Å². The molecular weight excluding hydrogens is 312 g/mol. The molecule has 3 N–H and O–H groups in total. The quantitative estimate of drug-likeness (QED) is 0.846. The lowest BCUT2D eigenvalue weighted by Crippen LogP contribution is -2.18. The van der Waals surface area contributed by atoms with Gasteiger partial charge in [-0.3, -0.25) is 4.72 Å². The Morgan fingerprint density at radius 2 is 1.89 bits per heavy atom. The molecule has 9 heteroatoms. The Labute approximate surface area is 117 Å². The van der Waals surface area contributed by atoms with E-state index < -0.39 is 20.0 Å². The van der Waals surface area contributed by atoms with Crippen molar-refractivity contribution in [3.05, 3.63) is 23.2 Å². The van der Waals surface area contributed by atoms with Crippen LogP contribution in [-0.2, 0) is 20.0 Å². The average Bonchev–Trinajstić information content (AvgIpc) is 3.02. The third-order valence-corrected chi connectivity index (χ3v) is 5.35. The summed E-state index contributed by atoms with van der Waals surface area (Å²) in [6.45, 7) is 0. The van der Waals surface area contributed by atoms with Gasteiger partial charge in [-0.25, -0.2) is 22.0 Å². The van der Waals surface area contributed by atoms with Crippen molar-refractivity contribution in [2.75, 3.05) is 10.5 Å². The Balaban J connectivity index is 2.22. The van der Waals surface area contributed by atoms with E-state index in [1.807, 2.05) is 0 Å². The van der Waals surface area contributed by atoms with Gasteiger partial charge in [-0.05, 0) is 37.0 Å². The molecule has 1 aliphatic carbocycles. The predicted octanol–water partition coefficient (Wildman–Crippen LogP) is 1.14. The number of hydrogen-bond acceptors (Lipinski definition) is 4. The molecule has 1 aliphatic rings. The zero-order valence-corrected chi connectivity index (χ0v) is 12.2. The summed E-state index contributed by atoms with van der Waals surface area (Å²) in [5.74, 6) is 0.264. The van der Waals surface area contributed by atoms with Crippen LogP contribution >= 0.6 is 11.6 Å². The molecule has 0 bridgehead atoms. The van der Waals surface area contributed by atoms with Crippen LogP contribution in [0.1, 0.15) is 12.8 Å². The van der Waals surface area contributed by atoms with Gasteiger partial charge in [0.25, 0.3) is 0 Å². The number of hydrogen-bond donors (Lipinski definition) is 2. The van der Waals surface area contributed by atoms with Crippen LogP contribution < -0.4 is 9.86 Å². The highest BCUT2D eigenvalue weighted by molar-refractivity contribution is 7.92. The first kappa shape index (κ1) is 14.6. The minimum Gasteiger partial charge on any atom is -0.282 e. The molecule has 1 aromatic carbocycles. The van der Waals surface area contributed by atoms with E-state index in [1.165, 1.54) is 12.1 Å². The van der Waals surface area contributed by atoms with Gasteiger partial charge in [-0.2, -0.15) is 0 Å². The summed E-state index contributed by atoms with van der Waals surface area (Å²) in [4.78, 5) is -0.164. The van der Waals surface area contributed by atoms with Gasteiger partial charge >= 0.3 is 0 Å². The maximum Gasteiger partial charge on any atom is 0.238 e. The molecule has 1 aromatic rings. The highest BCUT2D eigenvalue weighted by Crippen LogP contribution is 2.32. The predicted molar refractivity (Wildman–Crippen MR) is 73.0 cm³/mol. The van der Waals surface area contributed by atoms with Crippen LogP contribution in [0.4, 0.5) is 5.69 Å². The molecule has 6 nitrogen and oxygen atoms in total. The molecule has 0 heterocycles. The number of primary sulfonamides is 1. The van der Waals surface area contributed by atoms with Crippen molar-refractivity contribution < 1.29 is 16.8 Å². The topological polar surface area (TPSA) is 106 Å². The minimum atomic E-state index is -3.86. The third kappa shape index (κ3) is 4.07. The van der Waals surface area contributed by atoms with Gasteiger partial charge < -0.3 is 0 Å². The summed E-state index contributed by atoms with van der Waals surface area (Å²) in [5.41, 5.74) is 0.148. The fourth-order valence-corrected chi connectivity index (χ4v) is 4.00. The Kier molecular flexibility index (Phi) is 3.78. The van der Waals surface area contributed by atoms with Crippen molar-refractivity contribution >= 4 is 37.3 Å². The second-order valence-corrected chi connectivity index (χ2v) is 8.25. The van der Waals surface area contributed by atoms with Crippen LogP contribution in [0.15, 0.2) is 23.1 Å². The van der Waals surface area contributed by atoms with Gasteiger partial charge in [-0.1, -0.05) is 11.6 Å².